The highest BCUT2D eigenvalue weighted by Gasteiger charge is 2.50. The highest BCUT2D eigenvalue weighted by Crippen LogP contribution is 2.43. The quantitative estimate of drug-likeness (QED) is 0.854. The molecule has 0 amide bonds. The normalized spacial score (nSPS) is 24.6. The molecule has 0 spiro atoms. The molecule has 0 bridgehead atoms. The lowest BCUT2D eigenvalue weighted by atomic mass is 9.65. The average molecular weight is 380 g/mol. The number of benzene rings is 1. The lowest BCUT2D eigenvalue weighted by molar-refractivity contribution is -0.108. The minimum atomic E-state index is -3.74. The van der Waals surface area contributed by atoms with E-state index in [1.165, 1.54) is 12.1 Å². The van der Waals surface area contributed by atoms with Crippen LogP contribution in [0.15, 0.2) is 27.6 Å². The van der Waals surface area contributed by atoms with E-state index in [-0.39, 0.29) is 26.9 Å². The van der Waals surface area contributed by atoms with E-state index in [4.69, 9.17) is 4.74 Å². The van der Waals surface area contributed by atoms with E-state index >= 15 is 0 Å². The summed E-state index contributed by atoms with van der Waals surface area (Å²) in [6.45, 7) is 6.45. The van der Waals surface area contributed by atoms with Crippen molar-refractivity contribution in [2.45, 2.75) is 44.2 Å². The van der Waals surface area contributed by atoms with Gasteiger partial charge in [-0.05, 0) is 47.5 Å². The molecule has 0 aromatic heterocycles. The van der Waals surface area contributed by atoms with Crippen LogP contribution in [0.2, 0.25) is 0 Å². The summed E-state index contributed by atoms with van der Waals surface area (Å²) in [5.74, 6) is -0.599. The second kappa shape index (κ2) is 5.95. The van der Waals surface area contributed by atoms with Gasteiger partial charge in [-0.1, -0.05) is 13.8 Å². The maximum Gasteiger partial charge on any atom is 0.240 e. The lowest BCUT2D eigenvalue weighted by Gasteiger charge is -2.51. The van der Waals surface area contributed by atoms with Gasteiger partial charge in [0.1, 0.15) is 5.82 Å². The SMILES string of the molecule is CCOC1CC(NS(=O)(=O)c2ccc(Br)c(F)c2)C1(C)C. The van der Waals surface area contributed by atoms with Crippen molar-refractivity contribution in [3.05, 3.63) is 28.5 Å². The Morgan fingerprint density at radius 3 is 2.67 bits per heavy atom. The van der Waals surface area contributed by atoms with E-state index in [9.17, 15) is 12.8 Å². The molecule has 0 heterocycles. The van der Waals surface area contributed by atoms with Gasteiger partial charge in [0.2, 0.25) is 10.0 Å². The number of hydrogen-bond donors (Lipinski definition) is 1. The number of hydrogen-bond acceptors (Lipinski definition) is 3. The predicted octanol–water partition coefficient (Wildman–Crippen LogP) is 3.07. The minimum absolute atomic E-state index is 0.0388. The van der Waals surface area contributed by atoms with Crippen LogP contribution in [0.4, 0.5) is 4.39 Å². The van der Waals surface area contributed by atoms with Crippen molar-refractivity contribution < 1.29 is 17.5 Å². The molecule has 2 atom stereocenters. The summed E-state index contributed by atoms with van der Waals surface area (Å²) >= 11 is 3.01. The summed E-state index contributed by atoms with van der Waals surface area (Å²) in [7, 11) is -3.74. The Morgan fingerprint density at radius 1 is 1.48 bits per heavy atom. The van der Waals surface area contributed by atoms with Gasteiger partial charge in [-0.2, -0.15) is 0 Å². The average Bonchev–Trinajstić information content (AvgIpc) is 2.40. The largest absolute Gasteiger partial charge is 0.378 e. The Labute approximate surface area is 133 Å². The van der Waals surface area contributed by atoms with Gasteiger partial charge >= 0.3 is 0 Å². The third kappa shape index (κ3) is 3.31. The molecular weight excluding hydrogens is 361 g/mol. The Morgan fingerprint density at radius 2 is 2.14 bits per heavy atom. The molecule has 21 heavy (non-hydrogen) atoms. The molecule has 2 unspecified atom stereocenters. The van der Waals surface area contributed by atoms with Gasteiger partial charge < -0.3 is 4.74 Å². The Balaban J connectivity index is 2.14. The fourth-order valence-corrected chi connectivity index (χ4v) is 4.13. The topological polar surface area (TPSA) is 55.4 Å². The molecule has 7 heteroatoms. The number of halogens is 2. The molecule has 4 nitrogen and oxygen atoms in total. The molecular formula is C14H19BrFNO3S. The first-order valence-corrected chi connectivity index (χ1v) is 9.05. The first kappa shape index (κ1) is 16.9. The first-order valence-electron chi connectivity index (χ1n) is 6.77. The molecule has 1 aromatic carbocycles. The molecule has 1 aliphatic rings. The van der Waals surface area contributed by atoms with Crippen LogP contribution in [0.5, 0.6) is 0 Å². The van der Waals surface area contributed by atoms with Crippen LogP contribution in [-0.2, 0) is 14.8 Å². The van der Waals surface area contributed by atoms with Crippen molar-refractivity contribution in [2.24, 2.45) is 5.41 Å². The Kier molecular flexibility index (Phi) is 4.78. The lowest BCUT2D eigenvalue weighted by Crippen LogP contribution is -2.61. The van der Waals surface area contributed by atoms with Crippen LogP contribution >= 0.6 is 15.9 Å². The van der Waals surface area contributed by atoms with Gasteiger partial charge in [0.15, 0.2) is 0 Å². The van der Waals surface area contributed by atoms with Gasteiger partial charge in [0.25, 0.3) is 0 Å². The van der Waals surface area contributed by atoms with E-state index in [1.807, 2.05) is 20.8 Å². The summed E-state index contributed by atoms with van der Waals surface area (Å²) in [5, 5.41) is 0. The van der Waals surface area contributed by atoms with Crippen LogP contribution in [0.3, 0.4) is 0 Å². The molecule has 118 valence electrons. The molecule has 0 radical (unpaired) electrons. The smallest absolute Gasteiger partial charge is 0.240 e. The Bertz CT molecular complexity index is 633. The second-order valence-electron chi connectivity index (χ2n) is 5.75. The number of ether oxygens (including phenoxy) is 1. The van der Waals surface area contributed by atoms with E-state index in [0.717, 1.165) is 6.07 Å². The van der Waals surface area contributed by atoms with Crippen molar-refractivity contribution in [1.82, 2.24) is 4.72 Å². The van der Waals surface area contributed by atoms with Gasteiger partial charge in [0, 0.05) is 18.1 Å². The highest BCUT2D eigenvalue weighted by molar-refractivity contribution is 9.10. The van der Waals surface area contributed by atoms with Gasteiger partial charge in [0.05, 0.1) is 15.5 Å². The van der Waals surface area contributed by atoms with Crippen LogP contribution in [0.25, 0.3) is 0 Å². The summed E-state index contributed by atoms with van der Waals surface area (Å²) in [5.41, 5.74) is -0.281. The van der Waals surface area contributed by atoms with Gasteiger partial charge in [-0.3, -0.25) is 0 Å². The number of nitrogens with one attached hydrogen (secondary N) is 1. The second-order valence-corrected chi connectivity index (χ2v) is 8.32. The zero-order valence-corrected chi connectivity index (χ0v) is 14.6. The summed E-state index contributed by atoms with van der Waals surface area (Å²) < 4.78 is 46.6. The molecule has 1 fully saturated rings. The molecule has 1 saturated carbocycles. The van der Waals surface area contributed by atoms with Crippen LogP contribution in [-0.4, -0.2) is 27.2 Å². The monoisotopic (exact) mass is 379 g/mol. The summed E-state index contributed by atoms with van der Waals surface area (Å²) in [4.78, 5) is -0.0705. The fourth-order valence-electron chi connectivity index (χ4n) is 2.47. The molecule has 1 aliphatic carbocycles. The number of sulfonamides is 1. The summed E-state index contributed by atoms with van der Waals surface area (Å²) in [6, 6.07) is 3.56. The van der Waals surface area contributed by atoms with Gasteiger partial charge in [-0.25, -0.2) is 17.5 Å². The van der Waals surface area contributed by atoms with Crippen molar-refractivity contribution in [1.29, 1.82) is 0 Å². The maximum atomic E-state index is 13.5. The molecule has 0 aliphatic heterocycles. The first-order chi connectivity index (χ1) is 9.68. The third-order valence-corrected chi connectivity index (χ3v) is 6.16. The summed E-state index contributed by atoms with van der Waals surface area (Å²) in [6.07, 6.45) is 0.663. The van der Waals surface area contributed by atoms with Crippen LogP contribution < -0.4 is 4.72 Å². The molecule has 1 N–H and O–H groups in total. The van der Waals surface area contributed by atoms with Crippen molar-refractivity contribution in [2.75, 3.05) is 6.61 Å². The third-order valence-electron chi connectivity index (χ3n) is 4.04. The van der Waals surface area contributed by atoms with E-state index in [2.05, 4.69) is 20.7 Å². The van der Waals surface area contributed by atoms with Gasteiger partial charge in [-0.15, -0.1) is 0 Å². The van der Waals surface area contributed by atoms with Crippen LogP contribution in [0, 0.1) is 11.2 Å². The standard InChI is InChI=1S/C14H19BrFNO3S/c1-4-20-13-8-12(14(13,2)3)17-21(18,19)9-5-6-10(15)11(16)7-9/h5-7,12-13,17H,4,8H2,1-3H3. The van der Waals surface area contributed by atoms with E-state index in [1.54, 1.807) is 0 Å². The Hall–Kier alpha value is -0.500. The maximum absolute atomic E-state index is 13.5. The predicted molar refractivity (Wildman–Crippen MR) is 82.0 cm³/mol. The molecule has 1 aromatic rings. The zero-order valence-electron chi connectivity index (χ0n) is 12.2. The molecule has 2 rings (SSSR count). The highest BCUT2D eigenvalue weighted by atomic mass is 79.9. The fraction of sp³-hybridized carbons (Fsp3) is 0.571. The van der Waals surface area contributed by atoms with Crippen LogP contribution in [0.1, 0.15) is 27.2 Å². The van der Waals surface area contributed by atoms with Crippen molar-refractivity contribution >= 4 is 26.0 Å². The zero-order chi connectivity index (χ0) is 15.8. The van der Waals surface area contributed by atoms with E-state index < -0.39 is 15.8 Å². The van der Waals surface area contributed by atoms with E-state index in [0.29, 0.717) is 13.0 Å². The van der Waals surface area contributed by atoms with Crippen molar-refractivity contribution in [3.8, 4) is 0 Å². The number of rotatable bonds is 5. The molecule has 0 saturated heterocycles. The van der Waals surface area contributed by atoms with Crippen molar-refractivity contribution in [3.63, 3.8) is 0 Å². The minimum Gasteiger partial charge on any atom is -0.378 e.